The van der Waals surface area contributed by atoms with Crippen molar-refractivity contribution >= 4 is 60.7 Å². The first-order valence-electron chi connectivity index (χ1n) is 40.8. The number of halogens is 16. The molecule has 24 heteroatoms. The minimum absolute atomic E-state index is 0.0465. The first-order chi connectivity index (χ1) is 45.8. The highest BCUT2D eigenvalue weighted by atomic mass is 31.1. The Kier molecular flexibility index (Phi) is 44.5. The molecule has 12 fully saturated rings. The van der Waals surface area contributed by atoms with Gasteiger partial charge in [0.15, 0.2) is 0 Å². The van der Waals surface area contributed by atoms with Crippen LogP contribution in [0.15, 0.2) is 0 Å². The normalized spacial score (nSPS) is 25.4. The Morgan fingerprint density at radius 1 is 0.115 bits per heavy atom. The third-order valence-electron chi connectivity index (χ3n) is 24.9. The molecule has 0 bridgehead atoms. The monoisotopic (exact) mass is 1470 g/mol. The molecule has 12 saturated carbocycles. The number of rotatable bonds is 12. The second-order valence-corrected chi connectivity index (χ2v) is 45.8. The van der Waals surface area contributed by atoms with E-state index in [2.05, 4.69) is 0 Å². The summed E-state index contributed by atoms with van der Waals surface area (Å²) >= 11 is 0. The lowest BCUT2D eigenvalue weighted by molar-refractivity contribution is 0.366. The van der Waals surface area contributed by atoms with Crippen LogP contribution in [0.1, 0.15) is 385 Å². The summed E-state index contributed by atoms with van der Waals surface area (Å²) in [6, 6.07) is 0. The molecule has 0 aromatic carbocycles. The van der Waals surface area contributed by atoms with Gasteiger partial charge < -0.3 is 69.1 Å². The molecular weight excluding hydrogens is 1340 g/mol. The fraction of sp³-hybridized carbons (Fsp3) is 1.00. The summed E-state index contributed by atoms with van der Waals surface area (Å²) in [7, 11) is -24.2. The maximum absolute atomic E-state index is 9.75. The van der Waals surface area contributed by atoms with E-state index in [1.54, 1.807) is 385 Å². The van der Waals surface area contributed by atoms with E-state index in [9.17, 15) is 69.1 Å². The van der Waals surface area contributed by atoms with Gasteiger partial charge in [-0.1, -0.05) is 77.0 Å². The zero-order chi connectivity index (χ0) is 69.7. The first-order valence-corrected chi connectivity index (χ1v) is 47.7. The van der Waals surface area contributed by atoms with Crippen LogP contribution in [0.3, 0.4) is 0 Å². The van der Waals surface area contributed by atoms with E-state index >= 15 is 0 Å². The molecule has 0 aromatic heterocycles. The van der Waals surface area contributed by atoms with Gasteiger partial charge >= 0.3 is 29.0 Å². The van der Waals surface area contributed by atoms with Crippen molar-refractivity contribution in [2.75, 3.05) is 0 Å². The molecular formula is C72H136B4F16P4. The number of hydrogen-bond acceptors (Lipinski definition) is 0. The van der Waals surface area contributed by atoms with E-state index in [4.69, 9.17) is 0 Å². The molecule has 568 valence electrons. The van der Waals surface area contributed by atoms with Crippen LogP contribution in [-0.4, -0.2) is 96.9 Å². The summed E-state index contributed by atoms with van der Waals surface area (Å²) in [5, 5.41) is 0. The Bertz CT molecular complexity index is 1400. The van der Waals surface area contributed by atoms with Crippen molar-refractivity contribution in [2.45, 2.75) is 453 Å². The Hall–Kier alpha value is 0.860. The van der Waals surface area contributed by atoms with Crippen LogP contribution < -0.4 is 0 Å². The molecule has 96 heavy (non-hydrogen) atoms. The third kappa shape index (κ3) is 39.8. The summed E-state index contributed by atoms with van der Waals surface area (Å²) in [4.78, 5) is 0. The summed E-state index contributed by atoms with van der Waals surface area (Å²) < 4.78 is 156. The minimum atomic E-state index is -6.00. The summed E-state index contributed by atoms with van der Waals surface area (Å²) in [5.74, 6) is 0. The smallest absolute Gasteiger partial charge is 0.418 e. The van der Waals surface area contributed by atoms with E-state index in [1.165, 1.54) is 67.9 Å². The van der Waals surface area contributed by atoms with E-state index in [1.807, 2.05) is 0 Å². The zero-order valence-electron chi connectivity index (χ0n) is 59.7. The highest BCUT2D eigenvalue weighted by molar-refractivity contribution is 7.61. The molecule has 0 saturated heterocycles. The van der Waals surface area contributed by atoms with Crippen molar-refractivity contribution in [2.24, 2.45) is 0 Å². The second-order valence-electron chi connectivity index (χ2n) is 32.0. The first kappa shape index (κ1) is 87.5. The van der Waals surface area contributed by atoms with Crippen LogP contribution in [-0.2, 0) is 0 Å². The predicted octanol–water partition coefficient (Wildman–Crippen LogP) is 30.0. The lowest BCUT2D eigenvalue weighted by Gasteiger charge is -2.38. The van der Waals surface area contributed by atoms with Crippen molar-refractivity contribution < 1.29 is 69.1 Å². The summed E-state index contributed by atoms with van der Waals surface area (Å²) in [5.41, 5.74) is 14.7. The Morgan fingerprint density at radius 3 is 0.219 bits per heavy atom. The van der Waals surface area contributed by atoms with Crippen LogP contribution in [0.5, 0.6) is 0 Å². The van der Waals surface area contributed by atoms with Crippen LogP contribution in [0.2, 0.25) is 0 Å². The van der Waals surface area contributed by atoms with Crippen LogP contribution in [0, 0.1) is 0 Å². The Labute approximate surface area is 580 Å². The average Bonchev–Trinajstić information content (AvgIpc) is 0.872. The summed E-state index contributed by atoms with van der Waals surface area (Å²) in [6.45, 7) is 0. The van der Waals surface area contributed by atoms with Gasteiger partial charge in [-0.3, -0.25) is 0 Å². The molecule has 12 aliphatic carbocycles. The highest BCUT2D eigenvalue weighted by Crippen LogP contribution is 2.65. The minimum Gasteiger partial charge on any atom is -0.418 e. The fourth-order valence-electron chi connectivity index (χ4n) is 21.2. The van der Waals surface area contributed by atoms with Crippen molar-refractivity contribution in [3.05, 3.63) is 0 Å². The molecule has 0 amide bonds. The van der Waals surface area contributed by atoms with E-state index in [0.29, 0.717) is 0 Å². The molecule has 0 heterocycles. The van der Waals surface area contributed by atoms with Gasteiger partial charge in [-0.2, -0.15) is 0 Å². The Morgan fingerprint density at radius 2 is 0.167 bits per heavy atom. The molecule has 0 unspecified atom stereocenters. The zero-order valence-corrected chi connectivity index (χ0v) is 63.7. The van der Waals surface area contributed by atoms with E-state index in [0.717, 1.165) is 0 Å². The fourth-order valence-corrected chi connectivity index (χ4v) is 42.1. The van der Waals surface area contributed by atoms with Gasteiger partial charge in [-0.15, -0.1) is 0 Å². The lowest BCUT2D eigenvalue weighted by Crippen LogP contribution is -2.28. The van der Waals surface area contributed by atoms with Gasteiger partial charge in [0.05, 0.1) is 67.9 Å². The lowest BCUT2D eigenvalue weighted by atomic mass is 9.99. The van der Waals surface area contributed by atoms with Gasteiger partial charge in [0.1, 0.15) is 0 Å². The maximum Gasteiger partial charge on any atom is 0.673 e. The standard InChI is InChI=1S/4C18H33P.4BF4/c4*1-4-10-16(11-5-1)19(17-12-6-2-7-13-17)18-14-8-3-9-15-18;4*2-1(3,4)5/h4*16-18H,1-15H2;;;;/q;;;;4*-1/p+4. The summed E-state index contributed by atoms with van der Waals surface area (Å²) in [6.07, 6.45) is 95.2. The van der Waals surface area contributed by atoms with Crippen molar-refractivity contribution in [1.82, 2.24) is 0 Å². The number of hydrogen-bond donors (Lipinski definition) is 0. The Balaban J connectivity index is 0.000000211. The van der Waals surface area contributed by atoms with Gasteiger partial charge in [-0.25, -0.2) is 0 Å². The third-order valence-corrected chi connectivity index (χ3v) is 43.2. The molecule has 12 rings (SSSR count). The van der Waals surface area contributed by atoms with E-state index in [-0.39, 0.29) is 31.7 Å². The van der Waals surface area contributed by atoms with Gasteiger partial charge in [-0.05, 0) is 308 Å². The molecule has 0 aromatic rings. The van der Waals surface area contributed by atoms with Crippen LogP contribution in [0.25, 0.3) is 0 Å². The van der Waals surface area contributed by atoms with Crippen molar-refractivity contribution in [3.63, 3.8) is 0 Å². The topological polar surface area (TPSA) is 0 Å². The largest absolute Gasteiger partial charge is 0.673 e. The second kappa shape index (κ2) is 48.9. The molecule has 0 radical (unpaired) electrons. The van der Waals surface area contributed by atoms with Crippen LogP contribution in [0.4, 0.5) is 69.1 Å². The molecule has 12 aliphatic rings. The van der Waals surface area contributed by atoms with Crippen LogP contribution >= 0.6 is 31.7 Å². The van der Waals surface area contributed by atoms with Gasteiger partial charge in [0, 0.05) is 31.7 Å². The van der Waals surface area contributed by atoms with Gasteiger partial charge in [0.2, 0.25) is 0 Å². The van der Waals surface area contributed by atoms with E-state index < -0.39 is 29.0 Å². The molecule has 0 spiro atoms. The quantitative estimate of drug-likeness (QED) is 0.104. The molecule has 0 N–H and O–H groups in total. The maximum atomic E-state index is 9.75. The SMILES string of the molecule is C1CCC([PH+](C2CCCCC2)C2CCCCC2)CC1.C1CCC([PH+](C2CCCCC2)C2CCCCC2)CC1.C1CCC([PH+](C2CCCCC2)C2CCCCC2)CC1.C1CCC([PH+](C2CCCCC2)C2CCCCC2)CC1.F[B-](F)(F)F.F[B-](F)(F)F.F[B-](F)(F)F.F[B-](F)(F)F. The van der Waals surface area contributed by atoms with Gasteiger partial charge in [0.25, 0.3) is 0 Å². The molecule has 0 atom stereocenters. The molecule has 0 nitrogen and oxygen atoms in total. The average molecular weight is 1470 g/mol. The van der Waals surface area contributed by atoms with Crippen molar-refractivity contribution in [3.8, 4) is 0 Å². The predicted molar refractivity (Wildman–Crippen MR) is 396 cm³/mol. The molecule has 0 aliphatic heterocycles. The highest BCUT2D eigenvalue weighted by Gasteiger charge is 2.47. The van der Waals surface area contributed by atoms with Crippen molar-refractivity contribution in [1.29, 1.82) is 0 Å².